The molecule has 0 N–H and O–H groups in total. The zero-order valence-electron chi connectivity index (χ0n) is 18.9. The highest BCUT2D eigenvalue weighted by Crippen LogP contribution is 2.26. The Kier molecular flexibility index (Phi) is 8.03. The summed E-state index contributed by atoms with van der Waals surface area (Å²) in [6, 6.07) is 12.8. The van der Waals surface area contributed by atoms with Crippen LogP contribution in [0.5, 0.6) is 5.75 Å². The van der Waals surface area contributed by atoms with Crippen molar-refractivity contribution in [2.24, 2.45) is 0 Å². The van der Waals surface area contributed by atoms with Crippen LogP contribution in [0.25, 0.3) is 0 Å². The molecule has 0 bridgehead atoms. The molecule has 7 nitrogen and oxygen atoms in total. The maximum atomic E-state index is 13.3. The second kappa shape index (κ2) is 11.2. The number of rotatable bonds is 7. The average molecular weight is 491 g/mol. The predicted molar refractivity (Wildman–Crippen MR) is 124 cm³/mol. The maximum absolute atomic E-state index is 13.3. The summed E-state index contributed by atoms with van der Waals surface area (Å²) < 4.78 is 30.7. The smallest absolute Gasteiger partial charge is 0.227 e. The van der Waals surface area contributed by atoms with Crippen molar-refractivity contribution in [3.8, 4) is 5.75 Å². The van der Waals surface area contributed by atoms with E-state index in [1.54, 1.807) is 21.9 Å². The van der Waals surface area contributed by atoms with Gasteiger partial charge in [-0.3, -0.25) is 9.59 Å². The summed E-state index contributed by atoms with van der Waals surface area (Å²) in [4.78, 5) is 29.7. The third-order valence-corrected chi connectivity index (χ3v) is 6.27. The van der Waals surface area contributed by atoms with Crippen LogP contribution in [0.1, 0.15) is 12.0 Å². The Balaban J connectivity index is 1.48. The number of carbonyl (C=O) groups excluding carboxylic acids is 2. The molecular formula is C25H28ClFN2O5. The van der Waals surface area contributed by atoms with E-state index in [9.17, 15) is 14.0 Å². The number of benzene rings is 2. The summed E-state index contributed by atoms with van der Waals surface area (Å²) in [5.74, 6) is -0.0288. The van der Waals surface area contributed by atoms with Gasteiger partial charge in [-0.2, -0.15) is 0 Å². The number of halogens is 2. The quantitative estimate of drug-likeness (QED) is 0.597. The van der Waals surface area contributed by atoms with E-state index in [1.807, 2.05) is 12.1 Å². The van der Waals surface area contributed by atoms with E-state index in [-0.39, 0.29) is 50.2 Å². The van der Waals surface area contributed by atoms with Crippen molar-refractivity contribution in [3.63, 3.8) is 0 Å². The summed E-state index contributed by atoms with van der Waals surface area (Å²) in [5, 5.41) is 0.612. The van der Waals surface area contributed by atoms with E-state index in [0.717, 1.165) is 5.56 Å². The summed E-state index contributed by atoms with van der Waals surface area (Å²) in [5.41, 5.74) is -0.157. The summed E-state index contributed by atoms with van der Waals surface area (Å²) >= 11 is 5.95. The molecule has 2 aliphatic rings. The van der Waals surface area contributed by atoms with Gasteiger partial charge in [-0.05, 0) is 42.0 Å². The van der Waals surface area contributed by atoms with E-state index < -0.39 is 5.60 Å². The molecule has 2 fully saturated rings. The van der Waals surface area contributed by atoms with E-state index in [4.69, 9.17) is 25.8 Å². The molecule has 0 aromatic heterocycles. The monoisotopic (exact) mass is 490 g/mol. The van der Waals surface area contributed by atoms with Crippen molar-refractivity contribution in [2.45, 2.75) is 18.4 Å². The molecule has 9 heteroatoms. The van der Waals surface area contributed by atoms with Gasteiger partial charge in [0.25, 0.3) is 0 Å². The minimum Gasteiger partial charge on any atom is -0.490 e. The SMILES string of the molecule is O=C(C[C@]1(COc2ccc(F)cc2)CN(C(=O)Cc2ccc(Cl)cc2)CCO1)N1CCOCC1. The third-order valence-electron chi connectivity index (χ3n) is 6.02. The number of carbonyl (C=O) groups is 2. The first-order valence-electron chi connectivity index (χ1n) is 11.3. The number of hydrogen-bond acceptors (Lipinski definition) is 5. The zero-order valence-corrected chi connectivity index (χ0v) is 19.6. The van der Waals surface area contributed by atoms with Crippen LogP contribution in [0.2, 0.25) is 5.02 Å². The van der Waals surface area contributed by atoms with Gasteiger partial charge < -0.3 is 24.0 Å². The van der Waals surface area contributed by atoms with E-state index >= 15 is 0 Å². The lowest BCUT2D eigenvalue weighted by molar-refractivity contribution is -0.167. The van der Waals surface area contributed by atoms with Crippen molar-refractivity contribution in [1.29, 1.82) is 0 Å². The van der Waals surface area contributed by atoms with Crippen molar-refractivity contribution < 1.29 is 28.2 Å². The Bertz CT molecular complexity index is 982. The topological polar surface area (TPSA) is 68.3 Å². The molecule has 2 aliphatic heterocycles. The highest BCUT2D eigenvalue weighted by atomic mass is 35.5. The molecule has 2 heterocycles. The molecule has 1 atom stereocenters. The average Bonchev–Trinajstić information content (AvgIpc) is 2.86. The van der Waals surface area contributed by atoms with Crippen molar-refractivity contribution in [1.82, 2.24) is 9.80 Å². The number of ether oxygens (including phenoxy) is 3. The van der Waals surface area contributed by atoms with Crippen LogP contribution in [0.3, 0.4) is 0 Å². The van der Waals surface area contributed by atoms with Crippen LogP contribution in [-0.2, 0) is 25.5 Å². The molecule has 0 aliphatic carbocycles. The lowest BCUT2D eigenvalue weighted by atomic mass is 9.96. The molecule has 2 saturated heterocycles. The van der Waals surface area contributed by atoms with Crippen LogP contribution in [0.15, 0.2) is 48.5 Å². The van der Waals surface area contributed by atoms with Gasteiger partial charge in [0.2, 0.25) is 11.8 Å². The zero-order chi connectivity index (χ0) is 24.0. The summed E-state index contributed by atoms with van der Waals surface area (Å²) in [7, 11) is 0. The minimum absolute atomic E-state index is 0.0550. The molecule has 0 saturated carbocycles. The normalized spacial score (nSPS) is 20.8. The first kappa shape index (κ1) is 24.4. The van der Waals surface area contributed by atoms with Gasteiger partial charge in [-0.15, -0.1) is 0 Å². The molecule has 0 spiro atoms. The van der Waals surface area contributed by atoms with Gasteiger partial charge in [-0.25, -0.2) is 4.39 Å². The van der Waals surface area contributed by atoms with Gasteiger partial charge in [0.05, 0.1) is 39.2 Å². The van der Waals surface area contributed by atoms with E-state index in [1.165, 1.54) is 24.3 Å². The fraction of sp³-hybridized carbons (Fsp3) is 0.440. The van der Waals surface area contributed by atoms with E-state index in [2.05, 4.69) is 0 Å². The molecule has 34 heavy (non-hydrogen) atoms. The minimum atomic E-state index is -1.02. The summed E-state index contributed by atoms with van der Waals surface area (Å²) in [6.45, 7) is 3.02. The number of morpholine rings is 2. The van der Waals surface area contributed by atoms with Gasteiger partial charge in [0.15, 0.2) is 0 Å². The fourth-order valence-electron chi connectivity index (χ4n) is 4.14. The fourth-order valence-corrected chi connectivity index (χ4v) is 4.26. The predicted octanol–water partition coefficient (Wildman–Crippen LogP) is 2.95. The lowest BCUT2D eigenvalue weighted by Crippen LogP contribution is -2.59. The number of hydrogen-bond donors (Lipinski definition) is 0. The Hall–Kier alpha value is -2.68. The maximum Gasteiger partial charge on any atom is 0.227 e. The molecule has 4 rings (SSSR count). The van der Waals surface area contributed by atoms with Gasteiger partial charge in [0, 0.05) is 24.7 Å². The molecule has 0 radical (unpaired) electrons. The highest BCUT2D eigenvalue weighted by molar-refractivity contribution is 6.30. The Morgan fingerprint density at radius 3 is 2.32 bits per heavy atom. The van der Waals surface area contributed by atoms with Crippen molar-refractivity contribution in [2.75, 3.05) is 52.6 Å². The lowest BCUT2D eigenvalue weighted by Gasteiger charge is -2.43. The van der Waals surface area contributed by atoms with Gasteiger partial charge >= 0.3 is 0 Å². The highest BCUT2D eigenvalue weighted by Gasteiger charge is 2.42. The van der Waals surface area contributed by atoms with Crippen LogP contribution in [0.4, 0.5) is 4.39 Å². The van der Waals surface area contributed by atoms with Crippen LogP contribution in [-0.4, -0.2) is 79.8 Å². The van der Waals surface area contributed by atoms with Gasteiger partial charge in [-0.1, -0.05) is 23.7 Å². The van der Waals surface area contributed by atoms with Crippen LogP contribution >= 0.6 is 11.6 Å². The second-order valence-corrected chi connectivity index (χ2v) is 9.00. The molecule has 0 unspecified atom stereocenters. The Labute approximate surface area is 203 Å². The molecule has 2 aromatic rings. The Morgan fingerprint density at radius 1 is 0.941 bits per heavy atom. The van der Waals surface area contributed by atoms with Crippen molar-refractivity contribution in [3.05, 3.63) is 64.9 Å². The van der Waals surface area contributed by atoms with Crippen molar-refractivity contribution >= 4 is 23.4 Å². The van der Waals surface area contributed by atoms with Crippen LogP contribution in [0, 0.1) is 5.82 Å². The molecule has 2 aromatic carbocycles. The second-order valence-electron chi connectivity index (χ2n) is 8.56. The summed E-state index contributed by atoms with van der Waals surface area (Å²) in [6.07, 6.45) is 0.294. The first-order chi connectivity index (χ1) is 16.4. The molecule has 182 valence electrons. The first-order valence-corrected chi connectivity index (χ1v) is 11.7. The van der Waals surface area contributed by atoms with E-state index in [0.29, 0.717) is 43.6 Å². The largest absolute Gasteiger partial charge is 0.490 e. The third kappa shape index (κ3) is 6.46. The number of amides is 2. The van der Waals surface area contributed by atoms with Gasteiger partial charge in [0.1, 0.15) is 23.8 Å². The molecular weight excluding hydrogens is 463 g/mol. The number of nitrogens with zero attached hydrogens (tertiary/aromatic N) is 2. The Morgan fingerprint density at radius 2 is 1.62 bits per heavy atom. The standard InChI is InChI=1S/C25H28ClFN2O5/c26-20-3-1-19(2-4-20)15-23(30)29-11-14-34-25(17-29,16-24(31)28-9-12-32-13-10-28)18-33-22-7-5-21(27)6-8-22/h1-8H,9-18H2/t25-/m1/s1. The van der Waals surface area contributed by atoms with Crippen LogP contribution < -0.4 is 4.74 Å². The molecule has 2 amide bonds.